The largest absolute Gasteiger partial charge is 0.293 e. The Morgan fingerprint density at radius 1 is 1.09 bits per heavy atom. The Morgan fingerprint density at radius 2 is 1.85 bits per heavy atom. The molecule has 0 fully saturated rings. The lowest BCUT2D eigenvalue weighted by Crippen LogP contribution is -2.46. The van der Waals surface area contributed by atoms with Gasteiger partial charge >= 0.3 is 0 Å². The summed E-state index contributed by atoms with van der Waals surface area (Å²) in [7, 11) is 0. The fourth-order valence-electron chi connectivity index (χ4n) is 5.28. The number of hydrogen-bond donors (Lipinski definition) is 0. The number of allylic oxidation sites excluding steroid dienone is 2. The second kappa shape index (κ2) is 8.06. The van der Waals surface area contributed by atoms with Crippen LogP contribution in [0.1, 0.15) is 31.5 Å². The molecular formula is C26H20Cl2N4O. The highest BCUT2D eigenvalue weighted by molar-refractivity contribution is 6.42. The van der Waals surface area contributed by atoms with Crippen molar-refractivity contribution in [2.24, 2.45) is 11.8 Å². The first-order valence-corrected chi connectivity index (χ1v) is 11.5. The van der Waals surface area contributed by atoms with E-state index >= 15 is 0 Å². The third-order valence-electron chi connectivity index (χ3n) is 6.97. The quantitative estimate of drug-likeness (QED) is 0.454. The number of fused-ring (bicyclic) bond motifs is 3. The predicted octanol–water partition coefficient (Wildman–Crippen LogP) is 6.00. The lowest BCUT2D eigenvalue weighted by Gasteiger charge is -2.45. The van der Waals surface area contributed by atoms with Gasteiger partial charge in [-0.2, -0.15) is 5.26 Å². The lowest BCUT2D eigenvalue weighted by atomic mass is 9.57. The van der Waals surface area contributed by atoms with Crippen molar-refractivity contribution in [2.75, 3.05) is 0 Å². The van der Waals surface area contributed by atoms with Gasteiger partial charge < -0.3 is 0 Å². The first-order chi connectivity index (χ1) is 15.8. The van der Waals surface area contributed by atoms with Gasteiger partial charge in [-0.25, -0.2) is 9.97 Å². The van der Waals surface area contributed by atoms with Crippen LogP contribution in [0.3, 0.4) is 0 Å². The molecule has 2 aliphatic carbocycles. The first-order valence-electron chi connectivity index (χ1n) is 10.8. The van der Waals surface area contributed by atoms with Gasteiger partial charge in [0, 0.05) is 40.4 Å². The van der Waals surface area contributed by atoms with Crippen molar-refractivity contribution in [1.29, 1.82) is 5.26 Å². The average molecular weight is 475 g/mol. The third kappa shape index (κ3) is 3.45. The SMILES string of the molecule is C[C@H]1C(=O)C(C#N)=C[C@@]2(C)c3nc(-c4ccncc4)nc(-c4ccc(Cl)c(Cl)c4)c3CC[C@H]12. The topological polar surface area (TPSA) is 79.5 Å². The molecule has 1 aromatic carbocycles. The van der Waals surface area contributed by atoms with Crippen molar-refractivity contribution < 1.29 is 4.79 Å². The zero-order chi connectivity index (χ0) is 23.3. The van der Waals surface area contributed by atoms with Crippen molar-refractivity contribution in [3.05, 3.63) is 75.7 Å². The van der Waals surface area contributed by atoms with E-state index in [0.29, 0.717) is 15.9 Å². The number of rotatable bonds is 2. The molecule has 2 heterocycles. The van der Waals surface area contributed by atoms with E-state index in [1.165, 1.54) is 0 Å². The molecule has 3 aromatic rings. The number of benzene rings is 1. The Hall–Kier alpha value is -3.07. The van der Waals surface area contributed by atoms with Crippen molar-refractivity contribution in [1.82, 2.24) is 15.0 Å². The smallest absolute Gasteiger partial charge is 0.176 e. The Balaban J connectivity index is 1.82. The summed E-state index contributed by atoms with van der Waals surface area (Å²) in [5.41, 5.74) is 3.99. The summed E-state index contributed by atoms with van der Waals surface area (Å²) in [4.78, 5) is 26.8. The fraction of sp³-hybridized carbons (Fsp3) is 0.269. The molecule has 5 nitrogen and oxygen atoms in total. The van der Waals surface area contributed by atoms with Gasteiger partial charge in [-0.1, -0.05) is 49.2 Å². The summed E-state index contributed by atoms with van der Waals surface area (Å²) in [6.07, 6.45) is 6.76. The van der Waals surface area contributed by atoms with Crippen molar-refractivity contribution >= 4 is 29.0 Å². The van der Waals surface area contributed by atoms with Gasteiger partial charge in [0.2, 0.25) is 0 Å². The second-order valence-electron chi connectivity index (χ2n) is 8.84. The van der Waals surface area contributed by atoms with E-state index in [1.807, 2.05) is 37.3 Å². The molecule has 0 saturated carbocycles. The monoisotopic (exact) mass is 474 g/mol. The van der Waals surface area contributed by atoms with Crippen LogP contribution >= 0.6 is 23.2 Å². The summed E-state index contributed by atoms with van der Waals surface area (Å²) in [6.45, 7) is 4.00. The maximum Gasteiger partial charge on any atom is 0.176 e. The highest BCUT2D eigenvalue weighted by Gasteiger charge is 2.49. The van der Waals surface area contributed by atoms with E-state index in [1.54, 1.807) is 18.5 Å². The van der Waals surface area contributed by atoms with Gasteiger partial charge in [0.15, 0.2) is 11.6 Å². The molecule has 5 rings (SSSR count). The van der Waals surface area contributed by atoms with Crippen LogP contribution in [0.4, 0.5) is 0 Å². The normalized spacial score (nSPS) is 23.8. The zero-order valence-corrected chi connectivity index (χ0v) is 19.7. The standard InChI is InChI=1S/C26H20Cl2N4O/c1-14-19-5-4-18-22(16-3-6-20(27)21(28)11-16)31-25(15-7-9-30-10-8-15)32-24(18)26(19,2)12-17(13-29)23(14)33/h3,6-12,14,19H,4-5H2,1-2H3/t14-,19-,26-/m1/s1. The Bertz CT molecular complexity index is 1360. The van der Waals surface area contributed by atoms with E-state index in [9.17, 15) is 10.1 Å². The molecule has 0 unspecified atom stereocenters. The molecular weight excluding hydrogens is 455 g/mol. The molecule has 33 heavy (non-hydrogen) atoms. The van der Waals surface area contributed by atoms with E-state index in [0.717, 1.165) is 40.9 Å². The molecule has 3 atom stereocenters. The van der Waals surface area contributed by atoms with E-state index in [4.69, 9.17) is 33.2 Å². The minimum absolute atomic E-state index is 0.0523. The molecule has 0 radical (unpaired) electrons. The summed E-state index contributed by atoms with van der Waals surface area (Å²) in [5, 5.41) is 10.6. The van der Waals surface area contributed by atoms with Crippen LogP contribution < -0.4 is 0 Å². The van der Waals surface area contributed by atoms with Gasteiger partial charge in [0.05, 0.1) is 27.0 Å². The number of Topliss-reactive ketones (excluding diaryl/α,β-unsaturated/α-hetero) is 1. The third-order valence-corrected chi connectivity index (χ3v) is 7.71. The molecule has 0 N–H and O–H groups in total. The van der Waals surface area contributed by atoms with Gasteiger partial charge in [0.1, 0.15) is 6.07 Å². The minimum Gasteiger partial charge on any atom is -0.293 e. The average Bonchev–Trinajstić information content (AvgIpc) is 2.83. The second-order valence-corrected chi connectivity index (χ2v) is 9.65. The predicted molar refractivity (Wildman–Crippen MR) is 128 cm³/mol. The van der Waals surface area contributed by atoms with Crippen LogP contribution in [0, 0.1) is 23.2 Å². The molecule has 2 aliphatic rings. The van der Waals surface area contributed by atoms with Crippen LogP contribution in [-0.2, 0) is 16.6 Å². The summed E-state index contributed by atoms with van der Waals surface area (Å²) in [5.74, 6) is 0.277. The fourth-order valence-corrected chi connectivity index (χ4v) is 5.58. The van der Waals surface area contributed by atoms with E-state index in [-0.39, 0.29) is 23.2 Å². The van der Waals surface area contributed by atoms with Gasteiger partial charge in [0.25, 0.3) is 0 Å². The number of halogens is 2. The van der Waals surface area contributed by atoms with Crippen LogP contribution in [-0.4, -0.2) is 20.7 Å². The molecule has 0 amide bonds. The number of pyridine rings is 1. The van der Waals surface area contributed by atoms with Gasteiger partial charge in [-0.05, 0) is 43.0 Å². The number of hydrogen-bond acceptors (Lipinski definition) is 5. The summed E-state index contributed by atoms with van der Waals surface area (Å²) < 4.78 is 0. The maximum absolute atomic E-state index is 12.8. The molecule has 7 heteroatoms. The zero-order valence-electron chi connectivity index (χ0n) is 18.1. The summed E-state index contributed by atoms with van der Waals surface area (Å²) in [6, 6.07) is 11.3. The number of aromatic nitrogens is 3. The molecule has 0 aliphatic heterocycles. The van der Waals surface area contributed by atoms with E-state index in [2.05, 4.69) is 18.0 Å². The number of carbonyl (C=O) groups is 1. The van der Waals surface area contributed by atoms with Gasteiger partial charge in [-0.15, -0.1) is 0 Å². The van der Waals surface area contributed by atoms with E-state index < -0.39 is 5.41 Å². The highest BCUT2D eigenvalue weighted by atomic mass is 35.5. The van der Waals surface area contributed by atoms with Crippen LogP contribution in [0.2, 0.25) is 10.0 Å². The maximum atomic E-state index is 12.8. The number of ketones is 1. The Labute approximate surface area is 202 Å². The highest BCUT2D eigenvalue weighted by Crippen LogP contribution is 2.51. The first kappa shape index (κ1) is 21.8. The molecule has 2 aromatic heterocycles. The van der Waals surface area contributed by atoms with Crippen LogP contribution in [0.5, 0.6) is 0 Å². The Morgan fingerprint density at radius 3 is 2.55 bits per heavy atom. The minimum atomic E-state index is -0.568. The van der Waals surface area contributed by atoms with Gasteiger partial charge in [-0.3, -0.25) is 9.78 Å². The number of nitriles is 1. The van der Waals surface area contributed by atoms with Crippen LogP contribution in [0.15, 0.2) is 54.4 Å². The molecule has 0 saturated heterocycles. The van der Waals surface area contributed by atoms with Crippen molar-refractivity contribution in [3.63, 3.8) is 0 Å². The van der Waals surface area contributed by atoms with Crippen LogP contribution in [0.25, 0.3) is 22.6 Å². The number of nitrogens with zero attached hydrogens (tertiary/aromatic N) is 4. The molecule has 0 spiro atoms. The summed E-state index contributed by atoms with van der Waals surface area (Å²) >= 11 is 12.5. The molecule has 164 valence electrons. The van der Waals surface area contributed by atoms with Crippen molar-refractivity contribution in [3.8, 4) is 28.7 Å². The Kier molecular flexibility index (Phi) is 5.31. The lowest BCUT2D eigenvalue weighted by molar-refractivity contribution is -0.121. The van der Waals surface area contributed by atoms with Crippen molar-refractivity contribution in [2.45, 2.75) is 32.1 Å². The molecule has 0 bridgehead atoms. The number of carbonyl (C=O) groups excluding carboxylic acids is 1.